The fraction of sp³-hybridized carbons (Fsp3) is 0.800. The van der Waals surface area contributed by atoms with Crippen molar-refractivity contribution in [3.8, 4) is 0 Å². The van der Waals surface area contributed by atoms with Gasteiger partial charge >= 0.3 is 26.5 Å². The minimum Gasteiger partial charge on any atom is -0.548 e. The quantitative estimate of drug-likeness (QED) is 0.375. The van der Waals surface area contributed by atoms with Gasteiger partial charge in [-0.1, -0.05) is 6.92 Å². The van der Waals surface area contributed by atoms with E-state index in [1.54, 1.807) is 6.92 Å². The van der Waals surface area contributed by atoms with Crippen LogP contribution in [0.2, 0.25) is 0 Å². The first-order chi connectivity index (χ1) is 8.84. The summed E-state index contributed by atoms with van der Waals surface area (Å²) in [6.07, 6.45) is -0.0836. The van der Waals surface area contributed by atoms with E-state index in [-0.39, 0.29) is 30.9 Å². The van der Waals surface area contributed by atoms with Crippen LogP contribution >= 0.6 is 19.4 Å². The number of thioether (sulfide) groups is 1. The van der Waals surface area contributed by atoms with Crippen LogP contribution in [0.1, 0.15) is 6.92 Å². The van der Waals surface area contributed by atoms with E-state index in [1.807, 2.05) is 0 Å². The van der Waals surface area contributed by atoms with E-state index in [9.17, 15) is 19.3 Å². The maximum Gasteiger partial charge on any atom is 1.00 e. The summed E-state index contributed by atoms with van der Waals surface area (Å²) in [5.74, 6) is -1.69. The molecule has 0 radical (unpaired) electrons. The van der Waals surface area contributed by atoms with Crippen molar-refractivity contribution in [1.82, 2.24) is 4.90 Å². The summed E-state index contributed by atoms with van der Waals surface area (Å²) in [7, 11) is -0.798. The summed E-state index contributed by atoms with van der Waals surface area (Å²) in [4.78, 5) is 24.3. The largest absolute Gasteiger partial charge is 1.00 e. The molecule has 0 aromatic carbocycles. The van der Waals surface area contributed by atoms with Crippen LogP contribution in [0.25, 0.3) is 0 Å². The number of carbonyl (C=O) groups is 2. The average molecular weight is 317 g/mol. The van der Waals surface area contributed by atoms with Crippen LogP contribution in [-0.4, -0.2) is 54.8 Å². The van der Waals surface area contributed by atoms with Crippen LogP contribution in [0.5, 0.6) is 0 Å². The van der Waals surface area contributed by atoms with Gasteiger partial charge in [-0.05, 0) is 0 Å². The Kier molecular flexibility index (Phi) is 8.49. The zero-order valence-electron chi connectivity index (χ0n) is 12.0. The van der Waals surface area contributed by atoms with Crippen molar-refractivity contribution in [3.63, 3.8) is 0 Å². The summed E-state index contributed by atoms with van der Waals surface area (Å²) >= 11 is 1.35. The van der Waals surface area contributed by atoms with Crippen molar-refractivity contribution >= 4 is 31.2 Å². The second kappa shape index (κ2) is 8.47. The van der Waals surface area contributed by atoms with Crippen molar-refractivity contribution in [3.05, 3.63) is 0 Å². The predicted molar refractivity (Wildman–Crippen MR) is 68.6 cm³/mol. The average Bonchev–Trinajstić information content (AvgIpc) is 2.86. The number of aliphatic carboxylic acids is 1. The van der Waals surface area contributed by atoms with E-state index in [2.05, 4.69) is 0 Å². The second-order valence-electron chi connectivity index (χ2n) is 4.20. The Balaban J connectivity index is 0.00000361. The predicted octanol–water partition coefficient (Wildman–Crippen LogP) is -3.24. The maximum atomic E-state index is 12.2. The summed E-state index contributed by atoms with van der Waals surface area (Å²) < 4.78 is 21.5. The van der Waals surface area contributed by atoms with Crippen LogP contribution in [0, 0.1) is 5.92 Å². The van der Waals surface area contributed by atoms with Crippen LogP contribution in [0.3, 0.4) is 0 Å². The van der Waals surface area contributed by atoms with Gasteiger partial charge in [-0.25, -0.2) is 0 Å². The zero-order chi connectivity index (χ0) is 14.6. The minimum absolute atomic E-state index is 0. The molecule has 0 aromatic heterocycles. The smallest absolute Gasteiger partial charge is 0.548 e. The molecule has 0 aliphatic carbocycles. The molecule has 0 aromatic rings. The van der Waals surface area contributed by atoms with Crippen LogP contribution in [0.4, 0.5) is 0 Å². The van der Waals surface area contributed by atoms with Gasteiger partial charge in [0.2, 0.25) is 5.91 Å². The van der Waals surface area contributed by atoms with E-state index >= 15 is 0 Å². The Hall–Kier alpha value is 0.0374. The molecule has 1 aliphatic heterocycles. The van der Waals surface area contributed by atoms with E-state index in [0.29, 0.717) is 11.6 Å². The second-order valence-corrected chi connectivity index (χ2v) is 7.52. The van der Waals surface area contributed by atoms with E-state index in [0.717, 1.165) is 0 Å². The molecular formula is C10H17LiNO6PS. The molecule has 1 aliphatic rings. The molecule has 1 rings (SSSR count). The maximum absolute atomic E-state index is 12.2. The van der Waals surface area contributed by atoms with Crippen LogP contribution in [-0.2, 0) is 23.2 Å². The fourth-order valence-electron chi connectivity index (χ4n) is 1.78. The Morgan fingerprint density at radius 1 is 1.45 bits per heavy atom. The van der Waals surface area contributed by atoms with Crippen molar-refractivity contribution in [2.45, 2.75) is 13.0 Å². The zero-order valence-corrected chi connectivity index (χ0v) is 13.7. The normalized spacial score (nSPS) is 20.4. The van der Waals surface area contributed by atoms with Crippen molar-refractivity contribution in [1.29, 1.82) is 0 Å². The molecule has 1 amide bonds. The third-order valence-electron chi connectivity index (χ3n) is 2.91. The summed E-state index contributed by atoms with van der Waals surface area (Å²) in [5.41, 5.74) is 0. The summed E-state index contributed by atoms with van der Waals surface area (Å²) in [5, 5.41) is 10.9. The number of carboxylic acid groups (broad SMARTS) is 1. The fourth-order valence-corrected chi connectivity index (χ4v) is 4.20. The topological polar surface area (TPSA) is 96.0 Å². The Labute approximate surface area is 134 Å². The molecule has 20 heavy (non-hydrogen) atoms. The van der Waals surface area contributed by atoms with Gasteiger partial charge in [-0.2, -0.15) is 0 Å². The van der Waals surface area contributed by atoms with Crippen LogP contribution in [0.15, 0.2) is 0 Å². The van der Waals surface area contributed by atoms with E-state index in [1.165, 1.54) is 30.9 Å². The van der Waals surface area contributed by atoms with Gasteiger partial charge in [0, 0.05) is 25.9 Å². The number of carboxylic acids is 1. The molecule has 0 spiro atoms. The minimum atomic E-state index is -3.29. The van der Waals surface area contributed by atoms with Gasteiger partial charge in [0.05, 0.1) is 24.0 Å². The van der Waals surface area contributed by atoms with Gasteiger partial charge in [0.1, 0.15) is 0 Å². The first-order valence-corrected chi connectivity index (χ1v) is 8.52. The summed E-state index contributed by atoms with van der Waals surface area (Å²) in [6, 6.07) is -0.926. The number of hydrogen-bond donors (Lipinski definition) is 0. The standard InChI is InChI=1S/C10H18NO6PS.Li/c1-7(4-18(15,16-2)17-3)9(12)11-6-19-5-8(11)10(13)14;/h7-8H,4-6H2,1-3H3,(H,13,14);/q;+1/p-1. The molecular weight excluding hydrogens is 300 g/mol. The van der Waals surface area contributed by atoms with Gasteiger partial charge in [-0.15, -0.1) is 11.8 Å². The Bertz CT molecular complexity index is 401. The van der Waals surface area contributed by atoms with Crippen LogP contribution < -0.4 is 24.0 Å². The van der Waals surface area contributed by atoms with E-state index < -0.39 is 25.5 Å². The van der Waals surface area contributed by atoms with Crippen molar-refractivity contribution in [2.75, 3.05) is 32.0 Å². The number of hydrogen-bond acceptors (Lipinski definition) is 7. The molecule has 110 valence electrons. The molecule has 0 bridgehead atoms. The number of rotatable bonds is 6. The molecule has 0 N–H and O–H groups in total. The van der Waals surface area contributed by atoms with Gasteiger partial charge < -0.3 is 23.8 Å². The third kappa shape index (κ3) is 4.80. The molecule has 10 heteroatoms. The number of carbonyl (C=O) groups excluding carboxylic acids is 2. The van der Waals surface area contributed by atoms with Gasteiger partial charge in [0.25, 0.3) is 0 Å². The molecule has 1 saturated heterocycles. The molecule has 2 atom stereocenters. The number of amides is 1. The van der Waals surface area contributed by atoms with Gasteiger partial charge in [-0.3, -0.25) is 9.36 Å². The Morgan fingerprint density at radius 2 is 2.00 bits per heavy atom. The summed E-state index contributed by atoms with van der Waals surface area (Å²) in [6.45, 7) is 1.57. The molecule has 0 saturated carbocycles. The van der Waals surface area contributed by atoms with Crippen molar-refractivity contribution in [2.24, 2.45) is 5.92 Å². The first kappa shape index (κ1) is 20.0. The molecule has 2 unspecified atom stereocenters. The SMILES string of the molecule is COP(=O)(CC(C)C(=O)N1CSCC1C(=O)[O-])OC.[Li+]. The molecule has 1 fully saturated rings. The molecule has 1 heterocycles. The Morgan fingerprint density at radius 3 is 2.45 bits per heavy atom. The third-order valence-corrected chi connectivity index (χ3v) is 6.03. The number of nitrogens with zero attached hydrogens (tertiary/aromatic N) is 1. The first-order valence-electron chi connectivity index (χ1n) is 5.64. The van der Waals surface area contributed by atoms with Crippen molar-refractivity contribution < 1.29 is 47.2 Å². The monoisotopic (exact) mass is 317 g/mol. The molecule has 7 nitrogen and oxygen atoms in total. The van der Waals surface area contributed by atoms with Gasteiger partial charge in [0.15, 0.2) is 0 Å². The van der Waals surface area contributed by atoms with E-state index in [4.69, 9.17) is 9.05 Å².